The number of amides is 1. The molecule has 0 aromatic heterocycles. The van der Waals surface area contributed by atoms with Crippen LogP contribution < -0.4 is 4.31 Å². The maximum absolute atomic E-state index is 12.2. The van der Waals surface area contributed by atoms with Crippen molar-refractivity contribution in [3.63, 3.8) is 0 Å². The first-order valence-corrected chi connectivity index (χ1v) is 10.1. The number of carbonyl (C=O) groups is 1. The maximum atomic E-state index is 12.2. The Morgan fingerprint density at radius 3 is 2.38 bits per heavy atom. The highest BCUT2D eigenvalue weighted by Crippen LogP contribution is 2.24. The molecule has 2 aliphatic heterocycles. The first kappa shape index (κ1) is 17.0. The van der Waals surface area contributed by atoms with Crippen molar-refractivity contribution in [2.45, 2.75) is 26.2 Å². The third kappa shape index (κ3) is 3.80. The first-order valence-electron chi connectivity index (χ1n) is 8.53. The quantitative estimate of drug-likeness (QED) is 0.789. The average Bonchev–Trinajstić information content (AvgIpc) is 2.93. The van der Waals surface area contributed by atoms with Gasteiger partial charge in [-0.1, -0.05) is 19.1 Å². The van der Waals surface area contributed by atoms with Crippen LogP contribution in [0.3, 0.4) is 0 Å². The highest BCUT2D eigenvalue weighted by Gasteiger charge is 2.28. The lowest BCUT2D eigenvalue weighted by atomic mass is 9.99. The molecule has 24 heavy (non-hydrogen) atoms. The van der Waals surface area contributed by atoms with Crippen LogP contribution in [0.1, 0.15) is 31.7 Å². The molecule has 0 atom stereocenters. The summed E-state index contributed by atoms with van der Waals surface area (Å²) in [5, 5.41) is 0. The SMILES string of the molecule is CC1CCN(C(=O)/C=C/c2ccc(N3CCCS3(=O)=O)cc2)CC1. The predicted octanol–water partition coefficient (Wildman–Crippen LogP) is 2.50. The lowest BCUT2D eigenvalue weighted by Gasteiger charge is -2.29. The molecule has 2 saturated heterocycles. The molecule has 0 aliphatic carbocycles. The Labute approximate surface area is 144 Å². The molecule has 6 heteroatoms. The van der Waals surface area contributed by atoms with Crippen LogP contribution in [-0.4, -0.2) is 44.6 Å². The molecule has 0 unspecified atom stereocenters. The Bertz CT molecular complexity index is 717. The third-order valence-electron chi connectivity index (χ3n) is 4.79. The summed E-state index contributed by atoms with van der Waals surface area (Å²) in [4.78, 5) is 14.1. The van der Waals surface area contributed by atoms with Crippen LogP contribution in [0.5, 0.6) is 0 Å². The van der Waals surface area contributed by atoms with Gasteiger partial charge in [0.25, 0.3) is 0 Å². The van der Waals surface area contributed by atoms with E-state index >= 15 is 0 Å². The van der Waals surface area contributed by atoms with Crippen molar-refractivity contribution in [1.29, 1.82) is 0 Å². The Morgan fingerprint density at radius 2 is 1.79 bits per heavy atom. The second kappa shape index (κ2) is 6.97. The summed E-state index contributed by atoms with van der Waals surface area (Å²) in [5.74, 6) is 0.970. The molecule has 2 aliphatic rings. The summed E-state index contributed by atoms with van der Waals surface area (Å²) in [6.07, 6.45) is 6.21. The van der Waals surface area contributed by atoms with Gasteiger partial charge in [0.05, 0.1) is 11.4 Å². The van der Waals surface area contributed by atoms with Gasteiger partial charge in [0, 0.05) is 25.7 Å². The van der Waals surface area contributed by atoms with Crippen LogP contribution in [0.25, 0.3) is 6.08 Å². The van der Waals surface area contributed by atoms with Gasteiger partial charge in [-0.15, -0.1) is 0 Å². The van der Waals surface area contributed by atoms with E-state index < -0.39 is 10.0 Å². The molecule has 2 heterocycles. The maximum Gasteiger partial charge on any atom is 0.246 e. The van der Waals surface area contributed by atoms with E-state index in [-0.39, 0.29) is 11.7 Å². The number of piperidine rings is 1. The fourth-order valence-electron chi connectivity index (χ4n) is 3.18. The van der Waals surface area contributed by atoms with E-state index in [0.29, 0.717) is 24.6 Å². The number of hydrogen-bond donors (Lipinski definition) is 0. The van der Waals surface area contributed by atoms with Crippen molar-refractivity contribution in [3.05, 3.63) is 35.9 Å². The van der Waals surface area contributed by atoms with Crippen molar-refractivity contribution >= 4 is 27.7 Å². The third-order valence-corrected chi connectivity index (χ3v) is 6.66. The largest absolute Gasteiger partial charge is 0.339 e. The summed E-state index contributed by atoms with van der Waals surface area (Å²) in [5.41, 5.74) is 1.59. The number of sulfonamides is 1. The Hall–Kier alpha value is -1.82. The topological polar surface area (TPSA) is 57.7 Å². The minimum Gasteiger partial charge on any atom is -0.339 e. The number of anilines is 1. The van der Waals surface area contributed by atoms with Crippen LogP contribution in [0.2, 0.25) is 0 Å². The Morgan fingerprint density at radius 1 is 1.12 bits per heavy atom. The molecular weight excluding hydrogens is 324 g/mol. The molecule has 0 N–H and O–H groups in total. The van der Waals surface area contributed by atoms with Gasteiger partial charge in [0.2, 0.25) is 15.9 Å². The van der Waals surface area contributed by atoms with E-state index in [2.05, 4.69) is 6.92 Å². The van der Waals surface area contributed by atoms with Crippen molar-refractivity contribution < 1.29 is 13.2 Å². The highest BCUT2D eigenvalue weighted by molar-refractivity contribution is 7.93. The second-order valence-electron chi connectivity index (χ2n) is 6.67. The standard InChI is InChI=1S/C18H24N2O3S/c1-15-9-12-19(13-10-15)18(21)8-5-16-3-6-17(7-4-16)20-11-2-14-24(20,22)23/h3-8,15H,2,9-14H2,1H3/b8-5+. The number of carbonyl (C=O) groups excluding carboxylic acids is 1. The van der Waals surface area contributed by atoms with Crippen LogP contribution in [-0.2, 0) is 14.8 Å². The zero-order valence-corrected chi connectivity index (χ0v) is 14.8. The van der Waals surface area contributed by atoms with E-state index in [9.17, 15) is 13.2 Å². The summed E-state index contributed by atoms with van der Waals surface area (Å²) in [7, 11) is -3.14. The molecule has 0 saturated carbocycles. The predicted molar refractivity (Wildman–Crippen MR) is 96.2 cm³/mol. The minimum atomic E-state index is -3.14. The molecule has 1 aromatic rings. The molecule has 2 fully saturated rings. The second-order valence-corrected chi connectivity index (χ2v) is 8.69. The van der Waals surface area contributed by atoms with Gasteiger partial charge in [0.1, 0.15) is 0 Å². The first-order chi connectivity index (χ1) is 11.5. The molecule has 5 nitrogen and oxygen atoms in total. The smallest absolute Gasteiger partial charge is 0.246 e. The van der Waals surface area contributed by atoms with Gasteiger partial charge in [-0.3, -0.25) is 9.10 Å². The van der Waals surface area contributed by atoms with Gasteiger partial charge >= 0.3 is 0 Å². The normalized spacial score (nSPS) is 21.5. The fourth-order valence-corrected chi connectivity index (χ4v) is 4.75. The highest BCUT2D eigenvalue weighted by atomic mass is 32.2. The fraction of sp³-hybridized carbons (Fsp3) is 0.500. The van der Waals surface area contributed by atoms with E-state index in [1.807, 2.05) is 17.0 Å². The van der Waals surface area contributed by atoms with Crippen LogP contribution in [0.4, 0.5) is 5.69 Å². The van der Waals surface area contributed by atoms with E-state index in [4.69, 9.17) is 0 Å². The lowest BCUT2D eigenvalue weighted by molar-refractivity contribution is -0.127. The average molecular weight is 348 g/mol. The number of rotatable bonds is 3. The van der Waals surface area contributed by atoms with Gasteiger partial charge in [-0.05, 0) is 49.0 Å². The molecule has 0 bridgehead atoms. The lowest BCUT2D eigenvalue weighted by Crippen LogP contribution is -2.36. The van der Waals surface area contributed by atoms with Gasteiger partial charge in [-0.25, -0.2) is 8.42 Å². The van der Waals surface area contributed by atoms with E-state index in [0.717, 1.165) is 31.5 Å². The number of benzene rings is 1. The van der Waals surface area contributed by atoms with Crippen LogP contribution in [0.15, 0.2) is 30.3 Å². The van der Waals surface area contributed by atoms with Gasteiger partial charge in [0.15, 0.2) is 0 Å². The van der Waals surface area contributed by atoms with Crippen LogP contribution in [0, 0.1) is 5.92 Å². The summed E-state index contributed by atoms with van der Waals surface area (Å²) < 4.78 is 25.3. The molecular formula is C18H24N2O3S. The summed E-state index contributed by atoms with van der Waals surface area (Å²) in [6.45, 7) is 4.43. The number of hydrogen-bond acceptors (Lipinski definition) is 3. The molecule has 0 radical (unpaired) electrons. The molecule has 1 amide bonds. The van der Waals surface area contributed by atoms with Crippen molar-refractivity contribution in [2.75, 3.05) is 29.7 Å². The van der Waals surface area contributed by atoms with E-state index in [1.165, 1.54) is 4.31 Å². The van der Waals surface area contributed by atoms with Gasteiger partial charge < -0.3 is 4.90 Å². The monoisotopic (exact) mass is 348 g/mol. The van der Waals surface area contributed by atoms with Gasteiger partial charge in [-0.2, -0.15) is 0 Å². The zero-order chi connectivity index (χ0) is 17.2. The zero-order valence-electron chi connectivity index (χ0n) is 14.0. The van der Waals surface area contributed by atoms with Crippen molar-refractivity contribution in [3.8, 4) is 0 Å². The van der Waals surface area contributed by atoms with Crippen LogP contribution >= 0.6 is 0 Å². The molecule has 1 aromatic carbocycles. The molecule has 3 rings (SSSR count). The number of likely N-dealkylation sites (tertiary alicyclic amines) is 1. The Balaban J connectivity index is 1.63. The van der Waals surface area contributed by atoms with Crippen molar-refractivity contribution in [2.24, 2.45) is 5.92 Å². The van der Waals surface area contributed by atoms with E-state index in [1.54, 1.807) is 24.3 Å². The molecule has 0 spiro atoms. The summed E-state index contributed by atoms with van der Waals surface area (Å²) >= 11 is 0. The minimum absolute atomic E-state index is 0.0492. The van der Waals surface area contributed by atoms with Crippen molar-refractivity contribution in [1.82, 2.24) is 4.90 Å². The Kier molecular flexibility index (Phi) is 4.94. The number of nitrogens with zero attached hydrogens (tertiary/aromatic N) is 2. The summed E-state index contributed by atoms with van der Waals surface area (Å²) in [6, 6.07) is 7.31. The molecule has 130 valence electrons.